The zero-order valence-corrected chi connectivity index (χ0v) is 20.7. The summed E-state index contributed by atoms with van der Waals surface area (Å²) < 4.78 is 5.51. The van der Waals surface area contributed by atoms with Gasteiger partial charge in [0.2, 0.25) is 5.91 Å². The van der Waals surface area contributed by atoms with E-state index in [1.165, 1.54) is 0 Å². The molecule has 4 aromatic carbocycles. The summed E-state index contributed by atoms with van der Waals surface area (Å²) in [5.74, 6) is -1.78. The number of hydrogen-bond acceptors (Lipinski definition) is 6. The molecule has 2 heterocycles. The highest BCUT2D eigenvalue weighted by molar-refractivity contribution is 6.36. The van der Waals surface area contributed by atoms with Crippen molar-refractivity contribution in [3.05, 3.63) is 125 Å². The van der Waals surface area contributed by atoms with Crippen LogP contribution in [0.2, 0.25) is 5.02 Å². The average Bonchev–Trinajstić information content (AvgIpc) is 3.46. The van der Waals surface area contributed by atoms with Gasteiger partial charge in [0.15, 0.2) is 6.10 Å². The summed E-state index contributed by atoms with van der Waals surface area (Å²) in [5, 5.41) is 1.91. The molecule has 0 spiro atoms. The Morgan fingerprint density at radius 1 is 0.763 bits per heavy atom. The van der Waals surface area contributed by atoms with E-state index in [0.717, 1.165) is 10.5 Å². The highest BCUT2D eigenvalue weighted by Crippen LogP contribution is 2.48. The summed E-state index contributed by atoms with van der Waals surface area (Å²) in [6.45, 7) is 0. The first-order valence-corrected chi connectivity index (χ1v) is 12.4. The van der Waals surface area contributed by atoms with Crippen molar-refractivity contribution in [3.63, 3.8) is 0 Å². The monoisotopic (exact) mass is 524 g/mol. The molecule has 2 aliphatic heterocycles. The summed E-state index contributed by atoms with van der Waals surface area (Å²) in [6.07, 6.45) is -1.01. The Morgan fingerprint density at radius 3 is 2.08 bits per heavy atom. The Hall–Kier alpha value is -4.46. The molecule has 8 heteroatoms. The molecule has 0 aliphatic carbocycles. The van der Waals surface area contributed by atoms with Crippen LogP contribution in [0.5, 0.6) is 5.75 Å². The predicted octanol–water partition coefficient (Wildman–Crippen LogP) is 5.61. The van der Waals surface area contributed by atoms with Crippen molar-refractivity contribution in [2.24, 2.45) is 5.92 Å². The van der Waals surface area contributed by atoms with Gasteiger partial charge in [0.25, 0.3) is 5.91 Å². The van der Waals surface area contributed by atoms with E-state index in [1.807, 2.05) is 36.4 Å². The number of fused-ring (bicyclic) bond motifs is 1. The molecule has 2 saturated heterocycles. The molecule has 4 aromatic rings. The number of benzene rings is 4. The van der Waals surface area contributed by atoms with Crippen LogP contribution in [0.25, 0.3) is 0 Å². The van der Waals surface area contributed by atoms with Gasteiger partial charge in [0.1, 0.15) is 11.7 Å². The standard InChI is InChI=1S/C30H21ClN2O5/c31-23-13-7-8-14-24(23)32-28(34)25-26(33(38-27(25)29(32)35)21-11-5-2-6-12-21)19-15-17-22(18-16-19)37-30(36)20-9-3-1-4-10-20/h1-18,25-27H. The van der Waals surface area contributed by atoms with Gasteiger partial charge in [0.05, 0.1) is 28.0 Å². The Morgan fingerprint density at radius 2 is 1.39 bits per heavy atom. The molecule has 2 fully saturated rings. The minimum absolute atomic E-state index is 0.301. The van der Waals surface area contributed by atoms with Crippen molar-refractivity contribution >= 4 is 40.8 Å². The minimum atomic E-state index is -1.01. The van der Waals surface area contributed by atoms with Crippen LogP contribution >= 0.6 is 11.6 Å². The third kappa shape index (κ3) is 4.12. The fraction of sp³-hybridized carbons (Fsp3) is 0.100. The number of esters is 1. The number of imide groups is 1. The van der Waals surface area contributed by atoms with Crippen molar-refractivity contribution in [2.45, 2.75) is 12.1 Å². The highest BCUT2D eigenvalue weighted by Gasteiger charge is 2.60. The lowest BCUT2D eigenvalue weighted by atomic mass is 9.90. The number of hydrogen-bond donors (Lipinski definition) is 0. The number of para-hydroxylation sites is 2. The number of halogens is 1. The maximum absolute atomic E-state index is 13.8. The summed E-state index contributed by atoms with van der Waals surface area (Å²) in [7, 11) is 0. The fourth-order valence-corrected chi connectivity index (χ4v) is 5.12. The Labute approximate surface area is 223 Å². The van der Waals surface area contributed by atoms with Gasteiger partial charge < -0.3 is 4.74 Å². The Bertz CT molecular complexity index is 1510. The smallest absolute Gasteiger partial charge is 0.343 e. The van der Waals surface area contributed by atoms with Gasteiger partial charge in [-0.25, -0.2) is 14.8 Å². The van der Waals surface area contributed by atoms with E-state index in [4.69, 9.17) is 21.2 Å². The van der Waals surface area contributed by atoms with Crippen molar-refractivity contribution in [2.75, 3.05) is 9.96 Å². The molecule has 38 heavy (non-hydrogen) atoms. The summed E-state index contributed by atoms with van der Waals surface area (Å²) >= 11 is 6.33. The van der Waals surface area contributed by atoms with Crippen LogP contribution in [0, 0.1) is 5.92 Å². The number of hydroxylamine groups is 1. The highest BCUT2D eigenvalue weighted by atomic mass is 35.5. The van der Waals surface area contributed by atoms with E-state index in [9.17, 15) is 14.4 Å². The normalized spacial score (nSPS) is 20.5. The van der Waals surface area contributed by atoms with E-state index in [2.05, 4.69) is 0 Å². The third-order valence-electron chi connectivity index (χ3n) is 6.66. The lowest BCUT2D eigenvalue weighted by molar-refractivity contribution is -0.126. The number of nitrogens with zero attached hydrogens (tertiary/aromatic N) is 2. The van der Waals surface area contributed by atoms with Crippen molar-refractivity contribution in [1.29, 1.82) is 0 Å². The molecule has 3 atom stereocenters. The van der Waals surface area contributed by atoms with E-state index in [0.29, 0.717) is 27.7 Å². The van der Waals surface area contributed by atoms with Crippen LogP contribution in [0.1, 0.15) is 22.0 Å². The van der Waals surface area contributed by atoms with Crippen LogP contribution < -0.4 is 14.7 Å². The molecule has 0 bridgehead atoms. The number of anilines is 2. The Kier molecular flexibility index (Phi) is 6.15. The van der Waals surface area contributed by atoms with E-state index in [-0.39, 0.29) is 0 Å². The van der Waals surface area contributed by atoms with Crippen LogP contribution in [0.3, 0.4) is 0 Å². The third-order valence-corrected chi connectivity index (χ3v) is 6.98. The van der Waals surface area contributed by atoms with E-state index < -0.39 is 35.8 Å². The second kappa shape index (κ2) is 9.78. The van der Waals surface area contributed by atoms with Crippen molar-refractivity contribution in [3.8, 4) is 5.75 Å². The molecule has 6 rings (SSSR count). The fourth-order valence-electron chi connectivity index (χ4n) is 4.90. The molecule has 0 aromatic heterocycles. The predicted molar refractivity (Wildman–Crippen MR) is 142 cm³/mol. The zero-order chi connectivity index (χ0) is 26.2. The van der Waals surface area contributed by atoms with Crippen LogP contribution in [0.15, 0.2) is 109 Å². The maximum atomic E-state index is 13.8. The lowest BCUT2D eigenvalue weighted by Gasteiger charge is -2.29. The van der Waals surface area contributed by atoms with Gasteiger partial charge in [-0.15, -0.1) is 0 Å². The maximum Gasteiger partial charge on any atom is 0.343 e. The lowest BCUT2D eigenvalue weighted by Crippen LogP contribution is -2.37. The van der Waals surface area contributed by atoms with Gasteiger partial charge >= 0.3 is 5.97 Å². The van der Waals surface area contributed by atoms with Crippen molar-refractivity contribution in [1.82, 2.24) is 0 Å². The zero-order valence-electron chi connectivity index (χ0n) is 19.9. The number of carbonyl (C=O) groups excluding carboxylic acids is 3. The van der Waals surface area contributed by atoms with Crippen molar-refractivity contribution < 1.29 is 24.0 Å². The van der Waals surface area contributed by atoms with Gasteiger partial charge in [0, 0.05) is 0 Å². The summed E-state index contributed by atoms with van der Waals surface area (Å²) in [6, 6.07) is 31.0. The largest absolute Gasteiger partial charge is 0.423 e. The minimum Gasteiger partial charge on any atom is -0.423 e. The number of carbonyl (C=O) groups is 3. The molecule has 3 unspecified atom stereocenters. The summed E-state index contributed by atoms with van der Waals surface area (Å²) in [4.78, 5) is 46.9. The number of amides is 2. The first-order valence-electron chi connectivity index (χ1n) is 12.0. The van der Waals surface area contributed by atoms with Crippen LogP contribution in [-0.2, 0) is 14.4 Å². The molecule has 2 amide bonds. The number of ether oxygens (including phenoxy) is 1. The molecular formula is C30H21ClN2O5. The van der Waals surface area contributed by atoms with Gasteiger partial charge in [-0.05, 0) is 54.1 Å². The number of rotatable bonds is 5. The van der Waals surface area contributed by atoms with Gasteiger partial charge in [-0.3, -0.25) is 14.4 Å². The Balaban J connectivity index is 1.34. The SMILES string of the molecule is O=C(Oc1ccc(C2C3C(=O)N(c4ccccc4Cl)C(=O)C3ON2c2ccccc2)cc1)c1ccccc1. The van der Waals surface area contributed by atoms with Crippen LogP contribution in [-0.4, -0.2) is 23.9 Å². The molecule has 0 saturated carbocycles. The van der Waals surface area contributed by atoms with Gasteiger partial charge in [-0.2, -0.15) is 0 Å². The quantitative estimate of drug-likeness (QED) is 0.192. The average molecular weight is 525 g/mol. The first kappa shape index (κ1) is 23.9. The molecule has 0 N–H and O–H groups in total. The molecule has 7 nitrogen and oxygen atoms in total. The van der Waals surface area contributed by atoms with E-state index >= 15 is 0 Å². The molecule has 2 aliphatic rings. The first-order chi connectivity index (χ1) is 18.5. The van der Waals surface area contributed by atoms with E-state index in [1.54, 1.807) is 77.9 Å². The second-order valence-electron chi connectivity index (χ2n) is 8.95. The molecule has 188 valence electrons. The molecular weight excluding hydrogens is 504 g/mol. The second-order valence-corrected chi connectivity index (χ2v) is 9.35. The molecule has 0 radical (unpaired) electrons. The topological polar surface area (TPSA) is 76.2 Å². The summed E-state index contributed by atoms with van der Waals surface area (Å²) in [5.41, 5.74) is 2.20. The van der Waals surface area contributed by atoms with Crippen LogP contribution in [0.4, 0.5) is 11.4 Å². The van der Waals surface area contributed by atoms with Gasteiger partial charge in [-0.1, -0.05) is 72.3 Å².